The van der Waals surface area contributed by atoms with Gasteiger partial charge in [-0.1, -0.05) is 24.3 Å². The van der Waals surface area contributed by atoms with E-state index in [1.54, 1.807) is 18.2 Å². The first kappa shape index (κ1) is 15.3. The van der Waals surface area contributed by atoms with Gasteiger partial charge in [-0.15, -0.1) is 0 Å². The minimum absolute atomic E-state index is 0.146. The Balaban J connectivity index is 1.77. The van der Waals surface area contributed by atoms with Crippen LogP contribution >= 0.6 is 0 Å². The van der Waals surface area contributed by atoms with Gasteiger partial charge in [0.2, 0.25) is 5.91 Å². The van der Waals surface area contributed by atoms with Crippen molar-refractivity contribution in [3.8, 4) is 0 Å². The number of carbonyl (C=O) groups is 1. The van der Waals surface area contributed by atoms with Crippen LogP contribution in [0.25, 0.3) is 0 Å². The van der Waals surface area contributed by atoms with Crippen molar-refractivity contribution in [3.63, 3.8) is 0 Å². The number of nitrogens with one attached hydrogen (secondary N) is 2. The molecular weight excluding hydrogens is 293 g/mol. The summed E-state index contributed by atoms with van der Waals surface area (Å²) < 4.78 is 13.7. The van der Waals surface area contributed by atoms with Crippen molar-refractivity contribution in [3.05, 3.63) is 54.3 Å². The quantitative estimate of drug-likeness (QED) is 0.912. The molecule has 4 nitrogen and oxygen atoms in total. The Morgan fingerprint density at radius 2 is 1.91 bits per heavy atom. The zero-order chi connectivity index (χ0) is 16.4. The normalized spacial score (nSPS) is 15.5. The van der Waals surface area contributed by atoms with Crippen molar-refractivity contribution in [1.29, 1.82) is 0 Å². The number of hydrogen-bond acceptors (Lipinski definition) is 3. The van der Waals surface area contributed by atoms with Crippen LogP contribution in [0, 0.1) is 5.82 Å². The number of nitrogens with zero attached hydrogens (tertiary/aromatic N) is 1. The van der Waals surface area contributed by atoms with Gasteiger partial charge in [-0.25, -0.2) is 4.39 Å². The van der Waals surface area contributed by atoms with Crippen molar-refractivity contribution >= 4 is 23.0 Å². The van der Waals surface area contributed by atoms with E-state index in [4.69, 9.17) is 0 Å². The van der Waals surface area contributed by atoms with Crippen molar-refractivity contribution in [2.45, 2.75) is 19.4 Å². The Hall–Kier alpha value is -2.56. The standard InChI is InChI=1S/C18H20FN3O/c1-18(2)12-22(16-10-6-5-9-15(16)21-18)11-17(23)20-14-8-4-3-7-13(14)19/h3-10,21H,11-12H2,1-2H3,(H,20,23). The molecule has 2 N–H and O–H groups in total. The van der Waals surface area contributed by atoms with Crippen LogP contribution < -0.4 is 15.5 Å². The van der Waals surface area contributed by atoms with E-state index in [2.05, 4.69) is 24.5 Å². The number of rotatable bonds is 3. The second kappa shape index (κ2) is 5.91. The summed E-state index contributed by atoms with van der Waals surface area (Å²) in [5.41, 5.74) is 2.05. The van der Waals surface area contributed by atoms with Crippen LogP contribution in [-0.2, 0) is 4.79 Å². The Bertz CT molecular complexity index is 730. The molecule has 0 unspecified atom stereocenters. The van der Waals surface area contributed by atoms with Crippen LogP contribution in [0.2, 0.25) is 0 Å². The molecule has 0 spiro atoms. The maximum absolute atomic E-state index is 13.7. The molecule has 1 aliphatic heterocycles. The average Bonchev–Trinajstić information content (AvgIpc) is 2.48. The fraction of sp³-hybridized carbons (Fsp3) is 0.278. The maximum atomic E-state index is 13.7. The van der Waals surface area contributed by atoms with Gasteiger partial charge in [0.15, 0.2) is 0 Å². The third-order valence-corrected chi connectivity index (χ3v) is 3.79. The second-order valence-corrected chi connectivity index (χ2v) is 6.41. The Morgan fingerprint density at radius 1 is 1.22 bits per heavy atom. The van der Waals surface area contributed by atoms with Crippen LogP contribution in [0.1, 0.15) is 13.8 Å². The Morgan fingerprint density at radius 3 is 2.70 bits per heavy atom. The van der Waals surface area contributed by atoms with Crippen LogP contribution in [0.4, 0.5) is 21.5 Å². The van der Waals surface area contributed by atoms with Gasteiger partial charge in [-0.2, -0.15) is 0 Å². The van der Waals surface area contributed by atoms with Crippen LogP contribution in [0.15, 0.2) is 48.5 Å². The van der Waals surface area contributed by atoms with Crippen molar-refractivity contribution in [1.82, 2.24) is 0 Å². The fourth-order valence-corrected chi connectivity index (χ4v) is 2.89. The lowest BCUT2D eigenvalue weighted by Gasteiger charge is -2.41. The van der Waals surface area contributed by atoms with Crippen LogP contribution in [0.5, 0.6) is 0 Å². The summed E-state index contributed by atoms with van der Waals surface area (Å²) in [5, 5.41) is 6.10. The van der Waals surface area contributed by atoms with E-state index in [0.29, 0.717) is 6.54 Å². The molecule has 0 bridgehead atoms. The number of anilines is 3. The molecule has 0 radical (unpaired) electrons. The lowest BCUT2D eigenvalue weighted by molar-refractivity contribution is -0.115. The molecule has 2 aromatic rings. The molecule has 0 saturated heterocycles. The number of benzene rings is 2. The van der Waals surface area contributed by atoms with Gasteiger partial charge in [0.05, 0.1) is 23.6 Å². The number of carbonyl (C=O) groups excluding carboxylic acids is 1. The van der Waals surface area contributed by atoms with Gasteiger partial charge >= 0.3 is 0 Å². The zero-order valence-electron chi connectivity index (χ0n) is 13.3. The van der Waals surface area contributed by atoms with Gasteiger partial charge < -0.3 is 15.5 Å². The SMILES string of the molecule is CC1(C)CN(CC(=O)Nc2ccccc2F)c2ccccc2N1. The number of halogens is 1. The monoisotopic (exact) mass is 313 g/mol. The summed E-state index contributed by atoms with van der Waals surface area (Å²) in [7, 11) is 0. The lowest BCUT2D eigenvalue weighted by Crippen LogP contribution is -2.50. The molecule has 1 aliphatic rings. The zero-order valence-corrected chi connectivity index (χ0v) is 13.3. The van der Waals surface area contributed by atoms with Crippen LogP contribution in [0.3, 0.4) is 0 Å². The Kier molecular flexibility index (Phi) is 3.94. The molecule has 0 saturated carbocycles. The minimum Gasteiger partial charge on any atom is -0.377 e. The molecule has 2 aromatic carbocycles. The molecule has 5 heteroatoms. The highest BCUT2D eigenvalue weighted by atomic mass is 19.1. The first-order valence-corrected chi connectivity index (χ1v) is 7.61. The number of fused-ring (bicyclic) bond motifs is 1. The van der Waals surface area contributed by atoms with E-state index in [1.165, 1.54) is 6.07 Å². The first-order chi connectivity index (χ1) is 10.9. The molecule has 120 valence electrons. The highest BCUT2D eigenvalue weighted by Crippen LogP contribution is 2.33. The number of para-hydroxylation sites is 3. The maximum Gasteiger partial charge on any atom is 0.243 e. The molecule has 0 fully saturated rings. The molecule has 0 aromatic heterocycles. The molecule has 3 rings (SSSR count). The number of hydrogen-bond donors (Lipinski definition) is 2. The summed E-state index contributed by atoms with van der Waals surface area (Å²) in [4.78, 5) is 14.3. The third kappa shape index (κ3) is 3.44. The number of amides is 1. The van der Waals surface area contributed by atoms with Gasteiger partial charge in [0.1, 0.15) is 5.82 Å². The summed E-state index contributed by atoms with van der Waals surface area (Å²) >= 11 is 0. The van der Waals surface area contributed by atoms with E-state index in [1.807, 2.05) is 29.2 Å². The minimum atomic E-state index is -0.429. The van der Waals surface area contributed by atoms with E-state index in [-0.39, 0.29) is 23.7 Å². The largest absolute Gasteiger partial charge is 0.377 e. The van der Waals surface area contributed by atoms with Crippen molar-refractivity contribution in [2.75, 3.05) is 28.6 Å². The summed E-state index contributed by atoms with van der Waals surface area (Å²) in [6.07, 6.45) is 0. The summed E-state index contributed by atoms with van der Waals surface area (Å²) in [6.45, 7) is 5.04. The van der Waals surface area contributed by atoms with Crippen molar-refractivity contribution < 1.29 is 9.18 Å². The molecule has 1 amide bonds. The topological polar surface area (TPSA) is 44.4 Å². The van der Waals surface area contributed by atoms with Gasteiger partial charge in [-0.05, 0) is 38.1 Å². The van der Waals surface area contributed by atoms with Crippen molar-refractivity contribution in [2.24, 2.45) is 0 Å². The molecule has 23 heavy (non-hydrogen) atoms. The highest BCUT2D eigenvalue weighted by Gasteiger charge is 2.30. The smallest absolute Gasteiger partial charge is 0.243 e. The second-order valence-electron chi connectivity index (χ2n) is 6.41. The van der Waals surface area contributed by atoms with Gasteiger partial charge in [-0.3, -0.25) is 4.79 Å². The van der Waals surface area contributed by atoms with Gasteiger partial charge in [0, 0.05) is 12.1 Å². The predicted molar refractivity (Wildman–Crippen MR) is 91.4 cm³/mol. The lowest BCUT2D eigenvalue weighted by atomic mass is 9.99. The van der Waals surface area contributed by atoms with E-state index in [0.717, 1.165) is 11.4 Å². The van der Waals surface area contributed by atoms with E-state index >= 15 is 0 Å². The average molecular weight is 313 g/mol. The van der Waals surface area contributed by atoms with Crippen LogP contribution in [-0.4, -0.2) is 24.5 Å². The molecule has 0 atom stereocenters. The van der Waals surface area contributed by atoms with Gasteiger partial charge in [0.25, 0.3) is 0 Å². The summed E-state index contributed by atoms with van der Waals surface area (Å²) in [5.74, 6) is -0.663. The molecular formula is C18H20FN3O. The molecule has 0 aliphatic carbocycles. The fourth-order valence-electron chi connectivity index (χ4n) is 2.89. The van der Waals surface area contributed by atoms with E-state index < -0.39 is 5.82 Å². The Labute approximate surface area is 135 Å². The first-order valence-electron chi connectivity index (χ1n) is 7.61. The summed E-state index contributed by atoms with van der Waals surface area (Å²) in [6, 6.07) is 14.1. The molecule has 1 heterocycles. The predicted octanol–water partition coefficient (Wildman–Crippen LogP) is 3.47. The highest BCUT2D eigenvalue weighted by molar-refractivity contribution is 5.95. The third-order valence-electron chi connectivity index (χ3n) is 3.79. The van der Waals surface area contributed by atoms with E-state index in [9.17, 15) is 9.18 Å².